The Bertz CT molecular complexity index is 634. The van der Waals surface area contributed by atoms with Gasteiger partial charge in [0.25, 0.3) is 0 Å². The molecule has 1 N–H and O–H groups in total. The van der Waals surface area contributed by atoms with Crippen LogP contribution in [0.15, 0.2) is 33.3 Å². The van der Waals surface area contributed by atoms with Crippen LogP contribution in [0.3, 0.4) is 0 Å². The molecule has 0 saturated heterocycles. The van der Waals surface area contributed by atoms with Crippen LogP contribution >= 0.6 is 43.5 Å². The van der Waals surface area contributed by atoms with Crippen molar-refractivity contribution in [3.05, 3.63) is 44.1 Å². The number of rotatable bonds is 2. The molecule has 1 aromatic heterocycles. The van der Waals surface area contributed by atoms with Crippen LogP contribution in [-0.4, -0.2) is 21.0 Å². The van der Waals surface area contributed by atoms with Crippen LogP contribution in [0, 0.1) is 0 Å². The first-order valence-electron chi connectivity index (χ1n) is 4.70. The van der Waals surface area contributed by atoms with Gasteiger partial charge < -0.3 is 5.11 Å². The summed E-state index contributed by atoms with van der Waals surface area (Å²) in [5.74, 6) is -0.786. The first kappa shape index (κ1) is 13.5. The van der Waals surface area contributed by atoms with E-state index in [1.807, 2.05) is 0 Å². The highest BCUT2D eigenvalue weighted by molar-refractivity contribution is 9.10. The highest BCUT2D eigenvalue weighted by atomic mass is 79.9. The van der Waals surface area contributed by atoms with Gasteiger partial charge >= 0.3 is 5.97 Å². The molecule has 0 radical (unpaired) electrons. The number of aromatic nitrogens is 2. The van der Waals surface area contributed by atoms with Gasteiger partial charge in [0.15, 0.2) is 11.5 Å². The molecular weight excluding hydrogens is 387 g/mol. The lowest BCUT2D eigenvalue weighted by molar-refractivity contribution is 0.0689. The van der Waals surface area contributed by atoms with Gasteiger partial charge in [0, 0.05) is 16.2 Å². The number of hydrogen-bond donors (Lipinski definition) is 1. The predicted octanol–water partition coefficient (Wildman–Crippen LogP) is 4.02. The predicted molar refractivity (Wildman–Crippen MR) is 74.8 cm³/mol. The lowest BCUT2D eigenvalue weighted by atomic mass is 10.2. The van der Waals surface area contributed by atoms with E-state index in [2.05, 4.69) is 41.8 Å². The van der Waals surface area contributed by atoms with Gasteiger partial charge in [0.1, 0.15) is 0 Å². The molecule has 0 aliphatic rings. The topological polar surface area (TPSA) is 63.1 Å². The van der Waals surface area contributed by atoms with Crippen molar-refractivity contribution < 1.29 is 9.90 Å². The van der Waals surface area contributed by atoms with E-state index in [0.717, 1.165) is 0 Å². The Morgan fingerprint density at radius 1 is 1.28 bits per heavy atom. The second-order valence-corrected chi connectivity index (χ2v) is 5.44. The molecule has 18 heavy (non-hydrogen) atoms. The normalized spacial score (nSPS) is 10.4. The van der Waals surface area contributed by atoms with E-state index in [-0.39, 0.29) is 5.69 Å². The largest absolute Gasteiger partial charge is 0.476 e. The lowest BCUT2D eigenvalue weighted by Gasteiger charge is -2.04. The number of nitrogens with zero attached hydrogens (tertiary/aromatic N) is 2. The van der Waals surface area contributed by atoms with Crippen molar-refractivity contribution in [2.45, 2.75) is 0 Å². The van der Waals surface area contributed by atoms with Gasteiger partial charge in [-0.2, -0.15) is 0 Å². The van der Waals surface area contributed by atoms with E-state index in [1.165, 1.54) is 6.20 Å². The molecule has 0 bridgehead atoms. The van der Waals surface area contributed by atoms with Gasteiger partial charge in [-0.05, 0) is 50.1 Å². The van der Waals surface area contributed by atoms with Crippen LogP contribution in [0.1, 0.15) is 10.5 Å². The summed E-state index contributed by atoms with van der Waals surface area (Å²) < 4.78 is 1.04. The molecule has 0 fully saturated rings. The molecular formula is C11H5Br2ClN2O2. The number of carbonyl (C=O) groups is 1. The van der Waals surface area contributed by atoms with Crippen LogP contribution in [-0.2, 0) is 0 Å². The van der Waals surface area contributed by atoms with Crippen LogP contribution in [0.2, 0.25) is 5.02 Å². The maximum absolute atomic E-state index is 11.0. The van der Waals surface area contributed by atoms with Crippen molar-refractivity contribution in [1.82, 2.24) is 9.97 Å². The van der Waals surface area contributed by atoms with Gasteiger partial charge in [0.05, 0.1) is 9.50 Å². The minimum absolute atomic E-state index is 0.0777. The number of carboxylic acid groups (broad SMARTS) is 1. The summed E-state index contributed by atoms with van der Waals surface area (Å²) >= 11 is 12.3. The second kappa shape index (κ2) is 5.34. The molecule has 0 atom stereocenters. The first-order valence-corrected chi connectivity index (χ1v) is 6.66. The summed E-state index contributed by atoms with van der Waals surface area (Å²) in [5.41, 5.74) is 0.604. The summed E-state index contributed by atoms with van der Waals surface area (Å²) in [4.78, 5) is 19.0. The Kier molecular flexibility index (Phi) is 3.99. The molecule has 7 heteroatoms. The van der Waals surface area contributed by atoms with E-state index in [4.69, 9.17) is 16.7 Å². The Morgan fingerprint density at radius 3 is 2.61 bits per heavy atom. The third kappa shape index (κ3) is 2.71. The van der Waals surface area contributed by atoms with E-state index in [0.29, 0.717) is 25.4 Å². The van der Waals surface area contributed by atoms with Crippen LogP contribution in [0.5, 0.6) is 0 Å². The quantitative estimate of drug-likeness (QED) is 0.839. The maximum Gasteiger partial charge on any atom is 0.355 e. The van der Waals surface area contributed by atoms with E-state index >= 15 is 0 Å². The minimum Gasteiger partial charge on any atom is -0.476 e. The lowest BCUT2D eigenvalue weighted by Crippen LogP contribution is -2.04. The van der Waals surface area contributed by atoms with Crippen molar-refractivity contribution in [3.8, 4) is 11.4 Å². The molecule has 1 aromatic carbocycles. The fraction of sp³-hybridized carbons (Fsp3) is 0. The smallest absolute Gasteiger partial charge is 0.355 e. The highest BCUT2D eigenvalue weighted by Gasteiger charge is 2.13. The molecule has 0 unspecified atom stereocenters. The molecule has 2 aromatic rings. The van der Waals surface area contributed by atoms with Gasteiger partial charge in [-0.25, -0.2) is 14.8 Å². The zero-order chi connectivity index (χ0) is 13.3. The molecule has 92 valence electrons. The molecule has 0 saturated carbocycles. The molecule has 0 aliphatic heterocycles. The van der Waals surface area contributed by atoms with Crippen molar-refractivity contribution in [3.63, 3.8) is 0 Å². The fourth-order valence-corrected chi connectivity index (χ4v) is 2.15. The number of hydrogen-bond acceptors (Lipinski definition) is 3. The molecule has 4 nitrogen and oxygen atoms in total. The Hall–Kier alpha value is -0.980. The first-order chi connectivity index (χ1) is 8.49. The zero-order valence-corrected chi connectivity index (χ0v) is 12.6. The van der Waals surface area contributed by atoms with Crippen LogP contribution < -0.4 is 0 Å². The number of aromatic carboxylic acids is 1. The molecule has 0 spiro atoms. The average Bonchev–Trinajstić information content (AvgIpc) is 2.33. The van der Waals surface area contributed by atoms with Gasteiger partial charge in [-0.1, -0.05) is 11.6 Å². The standard InChI is InChI=1S/C11H5Br2ClN2O2/c12-6-3-5(1-2-8(6)14)10-15-4-7(13)9(16-10)11(17)18/h1-4H,(H,17,18). The Balaban J connectivity index is 2.54. The summed E-state index contributed by atoms with van der Waals surface area (Å²) in [7, 11) is 0. The van der Waals surface area contributed by atoms with Crippen LogP contribution in [0.4, 0.5) is 0 Å². The third-order valence-corrected chi connectivity index (χ3v) is 3.92. The van der Waals surface area contributed by atoms with E-state index < -0.39 is 5.97 Å². The number of halogens is 3. The van der Waals surface area contributed by atoms with Crippen molar-refractivity contribution in [2.24, 2.45) is 0 Å². The summed E-state index contributed by atoms with van der Waals surface area (Å²) in [6.07, 6.45) is 1.41. The SMILES string of the molecule is O=C(O)c1nc(-c2ccc(Cl)c(Br)c2)ncc1Br. The van der Waals surface area contributed by atoms with Gasteiger partial charge in [0.2, 0.25) is 0 Å². The highest BCUT2D eigenvalue weighted by Crippen LogP contribution is 2.28. The van der Waals surface area contributed by atoms with Crippen molar-refractivity contribution in [2.75, 3.05) is 0 Å². The molecule has 2 rings (SSSR count). The second-order valence-electron chi connectivity index (χ2n) is 3.32. The number of benzene rings is 1. The molecule has 0 amide bonds. The summed E-state index contributed by atoms with van der Waals surface area (Å²) in [6.45, 7) is 0. The third-order valence-electron chi connectivity index (χ3n) is 2.12. The number of carboxylic acids is 1. The van der Waals surface area contributed by atoms with E-state index in [9.17, 15) is 4.79 Å². The molecule has 1 heterocycles. The van der Waals surface area contributed by atoms with Gasteiger partial charge in [-0.3, -0.25) is 0 Å². The summed E-state index contributed by atoms with van der Waals surface area (Å²) in [6, 6.07) is 5.14. The minimum atomic E-state index is -1.11. The Morgan fingerprint density at radius 2 is 2.00 bits per heavy atom. The zero-order valence-electron chi connectivity index (χ0n) is 8.69. The fourth-order valence-electron chi connectivity index (χ4n) is 1.29. The van der Waals surface area contributed by atoms with E-state index in [1.54, 1.807) is 18.2 Å². The Labute approximate surface area is 124 Å². The van der Waals surface area contributed by atoms with Crippen LogP contribution in [0.25, 0.3) is 11.4 Å². The average molecular weight is 392 g/mol. The van der Waals surface area contributed by atoms with Crippen molar-refractivity contribution in [1.29, 1.82) is 0 Å². The van der Waals surface area contributed by atoms with Gasteiger partial charge in [-0.15, -0.1) is 0 Å². The molecule has 0 aliphatic carbocycles. The summed E-state index contributed by atoms with van der Waals surface area (Å²) in [5, 5.41) is 9.55. The van der Waals surface area contributed by atoms with Crippen molar-refractivity contribution >= 4 is 49.4 Å². The maximum atomic E-state index is 11.0. The monoisotopic (exact) mass is 390 g/mol.